The Balaban J connectivity index is 3.40. The molecular formula is C6H16N4S. The van der Waals surface area contributed by atoms with Crippen LogP contribution in [0.2, 0.25) is 0 Å². The average molecular weight is 176 g/mol. The van der Waals surface area contributed by atoms with Crippen LogP contribution in [0.25, 0.3) is 0 Å². The van der Waals surface area contributed by atoms with Gasteiger partial charge in [0.15, 0.2) is 0 Å². The van der Waals surface area contributed by atoms with E-state index in [2.05, 4.69) is 4.40 Å². The van der Waals surface area contributed by atoms with Gasteiger partial charge in [-0.2, -0.15) is 4.40 Å². The fourth-order valence-corrected chi connectivity index (χ4v) is 1.02. The molecule has 0 atom stereocenters. The average Bonchev–Trinajstić information content (AvgIpc) is 1.97. The minimum Gasteiger partial charge on any atom is -0.369 e. The number of guanidine groups is 1. The summed E-state index contributed by atoms with van der Waals surface area (Å²) in [6, 6.07) is 0. The van der Waals surface area contributed by atoms with Crippen molar-refractivity contribution in [1.82, 2.24) is 4.90 Å². The molecule has 4 N–H and O–H groups in total. The van der Waals surface area contributed by atoms with Crippen molar-refractivity contribution in [2.24, 2.45) is 15.9 Å². The van der Waals surface area contributed by atoms with Gasteiger partial charge in [0.1, 0.15) is 0 Å². The lowest BCUT2D eigenvalue weighted by molar-refractivity contribution is 0.617. The molecule has 0 radical (unpaired) electrons. The van der Waals surface area contributed by atoms with Crippen LogP contribution < -0.4 is 11.5 Å². The van der Waals surface area contributed by atoms with Gasteiger partial charge >= 0.3 is 0 Å². The first kappa shape index (κ1) is 10.6. The molecule has 0 aromatic heterocycles. The van der Waals surface area contributed by atoms with Gasteiger partial charge in [-0.3, -0.25) is 0 Å². The van der Waals surface area contributed by atoms with Gasteiger partial charge in [-0.15, -0.1) is 0 Å². The van der Waals surface area contributed by atoms with Crippen molar-refractivity contribution in [1.29, 1.82) is 0 Å². The van der Waals surface area contributed by atoms with Crippen LogP contribution in [-0.4, -0.2) is 37.3 Å². The Morgan fingerprint density at radius 3 is 2.64 bits per heavy atom. The largest absolute Gasteiger partial charge is 0.369 e. The Bertz CT molecular complexity index is 124. The topological polar surface area (TPSA) is 67.6 Å². The van der Waals surface area contributed by atoms with Crippen molar-refractivity contribution in [2.75, 3.05) is 26.4 Å². The predicted molar refractivity (Wildman–Crippen MR) is 51.4 cm³/mol. The summed E-state index contributed by atoms with van der Waals surface area (Å²) in [6.07, 6.45) is 0.981. The Morgan fingerprint density at radius 2 is 2.18 bits per heavy atom. The van der Waals surface area contributed by atoms with Crippen molar-refractivity contribution in [3.63, 3.8) is 0 Å². The van der Waals surface area contributed by atoms with Gasteiger partial charge in [-0.05, 0) is 24.9 Å². The fourth-order valence-electron chi connectivity index (χ4n) is 0.341. The van der Waals surface area contributed by atoms with Crippen LogP contribution in [0, 0.1) is 0 Å². The van der Waals surface area contributed by atoms with Crippen molar-refractivity contribution in [3.8, 4) is 0 Å². The summed E-state index contributed by atoms with van der Waals surface area (Å²) in [5.41, 5.74) is 10.8. The van der Waals surface area contributed by atoms with Crippen molar-refractivity contribution in [2.45, 2.75) is 6.42 Å². The van der Waals surface area contributed by atoms with Gasteiger partial charge in [0.25, 0.3) is 0 Å². The number of rotatable bonds is 4. The molecule has 0 bridgehead atoms. The molecule has 4 nitrogen and oxygen atoms in total. The lowest BCUT2D eigenvalue weighted by Crippen LogP contribution is -2.29. The molecular weight excluding hydrogens is 160 g/mol. The zero-order chi connectivity index (χ0) is 8.69. The third kappa shape index (κ3) is 6.00. The molecule has 0 aromatic carbocycles. The maximum atomic E-state index is 5.52. The quantitative estimate of drug-likeness (QED) is 0.271. The molecule has 0 amide bonds. The molecule has 0 aliphatic heterocycles. The van der Waals surface area contributed by atoms with E-state index in [0.29, 0.717) is 12.5 Å². The minimum absolute atomic E-state index is 0.548. The van der Waals surface area contributed by atoms with Crippen LogP contribution >= 0.6 is 11.9 Å². The van der Waals surface area contributed by atoms with Crippen molar-refractivity contribution >= 4 is 17.9 Å². The second kappa shape index (κ2) is 6.30. The van der Waals surface area contributed by atoms with Gasteiger partial charge in [-0.1, -0.05) is 0 Å². The number of nitrogens with zero attached hydrogens (tertiary/aromatic N) is 2. The summed E-state index contributed by atoms with van der Waals surface area (Å²) < 4.78 is 4.04. The molecule has 0 saturated carbocycles. The summed E-state index contributed by atoms with van der Waals surface area (Å²) in [5.74, 6) is 1.48. The van der Waals surface area contributed by atoms with Crippen LogP contribution in [0.1, 0.15) is 6.42 Å². The third-order valence-electron chi connectivity index (χ3n) is 1.06. The number of hydrogen-bond acceptors (Lipinski definition) is 3. The second-order valence-corrected chi connectivity index (χ2v) is 3.17. The Morgan fingerprint density at radius 1 is 1.55 bits per heavy atom. The maximum Gasteiger partial charge on any atom is 0.202 e. The molecule has 5 heteroatoms. The summed E-state index contributed by atoms with van der Waals surface area (Å²) in [4.78, 5) is 1.77. The molecule has 11 heavy (non-hydrogen) atoms. The maximum absolute atomic E-state index is 5.52. The highest BCUT2D eigenvalue weighted by molar-refractivity contribution is 7.98. The van der Waals surface area contributed by atoms with E-state index in [1.54, 1.807) is 4.90 Å². The first-order valence-electron chi connectivity index (χ1n) is 3.51. The molecule has 0 rings (SSSR count). The highest BCUT2D eigenvalue weighted by atomic mass is 32.2. The second-order valence-electron chi connectivity index (χ2n) is 2.32. The Labute approximate surface area is 72.2 Å². The van der Waals surface area contributed by atoms with Crippen LogP contribution in [0.4, 0.5) is 0 Å². The zero-order valence-corrected chi connectivity index (χ0v) is 7.90. The molecule has 0 fully saturated rings. The van der Waals surface area contributed by atoms with Crippen molar-refractivity contribution in [3.05, 3.63) is 0 Å². The lowest BCUT2D eigenvalue weighted by atomic mass is 10.5. The number of nitrogens with two attached hydrogens (primary N) is 2. The first-order chi connectivity index (χ1) is 5.18. The molecule has 0 spiro atoms. The van der Waals surface area contributed by atoms with E-state index < -0.39 is 0 Å². The molecule has 0 unspecified atom stereocenters. The van der Waals surface area contributed by atoms with Gasteiger partial charge < -0.3 is 16.4 Å². The van der Waals surface area contributed by atoms with Gasteiger partial charge in [0.2, 0.25) is 5.96 Å². The predicted octanol–water partition coefficient (Wildman–Crippen LogP) is -0.140. The van der Waals surface area contributed by atoms with E-state index in [-0.39, 0.29) is 0 Å². The normalized spacial score (nSPS) is 11.7. The van der Waals surface area contributed by atoms with Crippen molar-refractivity contribution < 1.29 is 0 Å². The molecule has 0 aromatic rings. The minimum atomic E-state index is 0.548. The first-order valence-corrected chi connectivity index (χ1v) is 4.45. The van der Waals surface area contributed by atoms with E-state index in [4.69, 9.17) is 11.5 Å². The number of hydrogen-bond donors (Lipinski definition) is 2. The zero-order valence-electron chi connectivity index (χ0n) is 7.08. The van der Waals surface area contributed by atoms with Gasteiger partial charge in [0, 0.05) is 19.8 Å². The smallest absolute Gasteiger partial charge is 0.202 e. The monoisotopic (exact) mass is 176 g/mol. The van der Waals surface area contributed by atoms with Gasteiger partial charge in [-0.25, -0.2) is 0 Å². The highest BCUT2D eigenvalue weighted by Crippen LogP contribution is 2.02. The SMILES string of the molecule is CN(C)C(N)=NSCCCN. The van der Waals surface area contributed by atoms with E-state index >= 15 is 0 Å². The van der Waals surface area contributed by atoms with Crippen LogP contribution in [0.15, 0.2) is 4.40 Å². The standard InChI is InChI=1S/C6H16N4S/c1-10(2)6(8)9-11-5-3-4-7/h3-5,7H2,1-2H3,(H2,8,9). The Kier molecular flexibility index (Phi) is 6.06. The summed E-state index contributed by atoms with van der Waals surface area (Å²) in [7, 11) is 3.73. The fraction of sp³-hybridized carbons (Fsp3) is 0.833. The summed E-state index contributed by atoms with van der Waals surface area (Å²) in [6.45, 7) is 0.713. The summed E-state index contributed by atoms with van der Waals surface area (Å²) in [5, 5.41) is 0. The van der Waals surface area contributed by atoms with Crippen LogP contribution in [-0.2, 0) is 0 Å². The van der Waals surface area contributed by atoms with E-state index in [1.807, 2.05) is 14.1 Å². The van der Waals surface area contributed by atoms with Crippen LogP contribution in [0.3, 0.4) is 0 Å². The molecule has 0 aliphatic carbocycles. The van der Waals surface area contributed by atoms with Gasteiger partial charge in [0.05, 0.1) is 0 Å². The van der Waals surface area contributed by atoms with E-state index in [1.165, 1.54) is 11.9 Å². The Hall–Kier alpha value is -0.420. The lowest BCUT2D eigenvalue weighted by Gasteiger charge is -2.09. The van der Waals surface area contributed by atoms with E-state index in [9.17, 15) is 0 Å². The van der Waals surface area contributed by atoms with E-state index in [0.717, 1.165) is 12.2 Å². The highest BCUT2D eigenvalue weighted by Gasteiger charge is 1.92. The molecule has 0 heterocycles. The third-order valence-corrected chi connectivity index (χ3v) is 1.84. The molecule has 0 saturated heterocycles. The molecule has 0 aliphatic rings. The van der Waals surface area contributed by atoms with Crippen LogP contribution in [0.5, 0.6) is 0 Å². The summed E-state index contributed by atoms with van der Waals surface area (Å²) >= 11 is 1.46. The molecule has 66 valence electrons.